The van der Waals surface area contributed by atoms with Crippen LogP contribution in [-0.4, -0.2) is 17.9 Å². The molecule has 1 aromatic carbocycles. The molecular formula is C15H14N2O2S2. The Labute approximate surface area is 130 Å². The first kappa shape index (κ1) is 14.0. The van der Waals surface area contributed by atoms with Crippen LogP contribution in [0.25, 0.3) is 9.53 Å². The molecule has 0 bridgehead atoms. The number of anilines is 1. The Morgan fingerprint density at radius 3 is 2.67 bits per heavy atom. The van der Waals surface area contributed by atoms with Crippen molar-refractivity contribution in [2.75, 3.05) is 12.4 Å². The van der Waals surface area contributed by atoms with Crippen molar-refractivity contribution in [2.45, 2.75) is 13.5 Å². The minimum Gasteiger partial charge on any atom is -0.497 e. The third-order valence-corrected chi connectivity index (χ3v) is 5.26. The van der Waals surface area contributed by atoms with E-state index in [4.69, 9.17) is 4.74 Å². The number of methoxy groups -OCH3 is 1. The number of rotatable bonds is 5. The van der Waals surface area contributed by atoms with Gasteiger partial charge in [0.2, 0.25) is 0 Å². The van der Waals surface area contributed by atoms with Gasteiger partial charge < -0.3 is 10.1 Å². The van der Waals surface area contributed by atoms with Crippen LogP contribution in [0.5, 0.6) is 5.75 Å². The lowest BCUT2D eigenvalue weighted by molar-refractivity contribution is 0.102. The molecule has 0 fully saturated rings. The van der Waals surface area contributed by atoms with Gasteiger partial charge in [0.05, 0.1) is 16.7 Å². The summed E-state index contributed by atoms with van der Waals surface area (Å²) in [5, 5.41) is 4.19. The number of carbonyl (C=O) groups is 1. The van der Waals surface area contributed by atoms with Crippen LogP contribution in [0.2, 0.25) is 0 Å². The van der Waals surface area contributed by atoms with Crippen molar-refractivity contribution in [1.29, 1.82) is 0 Å². The minimum atomic E-state index is 0.0953. The van der Waals surface area contributed by atoms with Crippen molar-refractivity contribution in [3.05, 3.63) is 40.8 Å². The third-order valence-electron chi connectivity index (χ3n) is 3.04. The highest BCUT2D eigenvalue weighted by molar-refractivity contribution is 7.29. The summed E-state index contributed by atoms with van der Waals surface area (Å²) in [5.41, 5.74) is 1.17. The summed E-state index contributed by atoms with van der Waals surface area (Å²) in [6, 6.07) is 9.84. The Kier molecular flexibility index (Phi) is 3.90. The van der Waals surface area contributed by atoms with E-state index in [2.05, 4.69) is 10.3 Å². The van der Waals surface area contributed by atoms with Gasteiger partial charge in [-0.3, -0.25) is 4.79 Å². The van der Waals surface area contributed by atoms with Crippen LogP contribution in [0.1, 0.15) is 22.2 Å². The lowest BCUT2D eigenvalue weighted by Crippen LogP contribution is -1.98. The first-order chi connectivity index (χ1) is 10.2. The van der Waals surface area contributed by atoms with E-state index >= 15 is 0 Å². The van der Waals surface area contributed by atoms with Crippen molar-refractivity contribution in [3.63, 3.8) is 0 Å². The first-order valence-electron chi connectivity index (χ1n) is 6.44. The van der Waals surface area contributed by atoms with E-state index in [1.165, 1.54) is 16.9 Å². The molecule has 21 heavy (non-hydrogen) atoms. The molecule has 0 aliphatic rings. The van der Waals surface area contributed by atoms with E-state index in [0.29, 0.717) is 6.54 Å². The van der Waals surface area contributed by atoms with E-state index < -0.39 is 0 Å². The molecule has 0 aliphatic heterocycles. The summed E-state index contributed by atoms with van der Waals surface area (Å²) < 4.78 is 6.19. The molecule has 4 nitrogen and oxygen atoms in total. The number of ether oxygens (including phenoxy) is 1. The van der Waals surface area contributed by atoms with Gasteiger partial charge in [0, 0.05) is 6.54 Å². The van der Waals surface area contributed by atoms with E-state index in [-0.39, 0.29) is 5.78 Å². The smallest absolute Gasteiger partial charge is 0.184 e. The lowest BCUT2D eigenvalue weighted by atomic mass is 10.2. The quantitative estimate of drug-likeness (QED) is 0.717. The van der Waals surface area contributed by atoms with Crippen molar-refractivity contribution < 1.29 is 9.53 Å². The van der Waals surface area contributed by atoms with Gasteiger partial charge in [-0.2, -0.15) is 0 Å². The number of hydrogen-bond acceptors (Lipinski definition) is 6. The fourth-order valence-electron chi connectivity index (χ4n) is 1.91. The predicted octanol–water partition coefficient (Wildman–Crippen LogP) is 4.18. The fraction of sp³-hybridized carbons (Fsp3) is 0.200. The molecule has 0 amide bonds. The van der Waals surface area contributed by atoms with Gasteiger partial charge in [0.1, 0.15) is 10.6 Å². The number of hydrogen-bond donors (Lipinski definition) is 1. The number of ketones is 1. The fourth-order valence-corrected chi connectivity index (χ4v) is 3.91. The molecule has 3 aromatic rings. The second-order valence-electron chi connectivity index (χ2n) is 4.56. The molecule has 0 unspecified atom stereocenters. The van der Waals surface area contributed by atoms with Crippen LogP contribution in [0.15, 0.2) is 30.3 Å². The van der Waals surface area contributed by atoms with E-state index in [9.17, 15) is 4.79 Å². The Bertz CT molecular complexity index is 743. The van der Waals surface area contributed by atoms with Gasteiger partial charge in [0.25, 0.3) is 0 Å². The van der Waals surface area contributed by atoms with Crippen LogP contribution in [0.3, 0.4) is 0 Å². The van der Waals surface area contributed by atoms with Gasteiger partial charge in [0.15, 0.2) is 10.9 Å². The highest BCUT2D eigenvalue weighted by Gasteiger charge is 2.10. The van der Waals surface area contributed by atoms with Crippen molar-refractivity contribution in [1.82, 2.24) is 4.98 Å². The number of thiophene rings is 1. The van der Waals surface area contributed by atoms with Crippen LogP contribution in [-0.2, 0) is 6.54 Å². The average molecular weight is 318 g/mol. The molecular weight excluding hydrogens is 304 g/mol. The number of Topliss-reactive ketones (excluding diaryl/α,β-unsaturated/α-hetero) is 1. The molecule has 108 valence electrons. The lowest BCUT2D eigenvalue weighted by Gasteiger charge is -2.04. The molecule has 0 aliphatic carbocycles. The molecule has 0 radical (unpaired) electrons. The molecule has 0 saturated carbocycles. The number of carbonyl (C=O) groups excluding carboxylic acids is 1. The second kappa shape index (κ2) is 5.83. The molecule has 2 heterocycles. The molecule has 1 N–H and O–H groups in total. The molecule has 3 rings (SSSR count). The summed E-state index contributed by atoms with van der Waals surface area (Å²) in [4.78, 5) is 17.5. The summed E-state index contributed by atoms with van der Waals surface area (Å²) in [6.07, 6.45) is 0. The standard InChI is InChI=1S/C15H14N2O2S2/c1-9(18)12-7-13-14(20-12)17-15(21-13)16-8-10-3-5-11(19-2)6-4-10/h3-7H,8H2,1-2H3,(H,16,17). The second-order valence-corrected chi connectivity index (χ2v) is 6.62. The van der Waals surface area contributed by atoms with E-state index in [1.54, 1.807) is 25.4 Å². The average Bonchev–Trinajstić information content (AvgIpc) is 3.04. The Morgan fingerprint density at radius 2 is 2.05 bits per heavy atom. The number of nitrogens with one attached hydrogen (secondary N) is 1. The molecule has 0 spiro atoms. The van der Waals surface area contributed by atoms with Crippen molar-refractivity contribution in [2.24, 2.45) is 0 Å². The maximum Gasteiger partial charge on any atom is 0.184 e. The van der Waals surface area contributed by atoms with Gasteiger partial charge in [-0.1, -0.05) is 23.5 Å². The largest absolute Gasteiger partial charge is 0.497 e. The highest BCUT2D eigenvalue weighted by Crippen LogP contribution is 2.33. The SMILES string of the molecule is COc1ccc(CNc2nc3sc(C(C)=O)cc3s2)cc1. The third kappa shape index (κ3) is 3.06. The normalized spacial score (nSPS) is 10.8. The summed E-state index contributed by atoms with van der Waals surface area (Å²) >= 11 is 3.02. The zero-order valence-electron chi connectivity index (χ0n) is 11.7. The van der Waals surface area contributed by atoms with Crippen LogP contribution in [0, 0.1) is 0 Å². The van der Waals surface area contributed by atoms with Crippen LogP contribution < -0.4 is 10.1 Å². The highest BCUT2D eigenvalue weighted by atomic mass is 32.1. The van der Waals surface area contributed by atoms with Gasteiger partial charge in [-0.05, 0) is 30.7 Å². The summed E-state index contributed by atoms with van der Waals surface area (Å²) in [6.45, 7) is 2.29. The van der Waals surface area contributed by atoms with Gasteiger partial charge in [-0.25, -0.2) is 4.98 Å². The van der Waals surface area contributed by atoms with Crippen LogP contribution >= 0.6 is 22.7 Å². The monoisotopic (exact) mass is 318 g/mol. The minimum absolute atomic E-state index is 0.0953. The summed E-state index contributed by atoms with van der Waals surface area (Å²) in [7, 11) is 1.66. The summed E-state index contributed by atoms with van der Waals surface area (Å²) in [5.74, 6) is 0.947. The zero-order chi connectivity index (χ0) is 14.8. The zero-order valence-corrected chi connectivity index (χ0v) is 13.3. The van der Waals surface area contributed by atoms with Crippen LogP contribution in [0.4, 0.5) is 5.13 Å². The predicted molar refractivity (Wildman–Crippen MR) is 87.8 cm³/mol. The maximum absolute atomic E-state index is 11.3. The number of fused-ring (bicyclic) bond motifs is 1. The first-order valence-corrected chi connectivity index (χ1v) is 8.07. The number of thiazole rings is 1. The van der Waals surface area contributed by atoms with E-state index in [1.807, 2.05) is 30.3 Å². The van der Waals surface area contributed by atoms with Gasteiger partial charge in [-0.15, -0.1) is 11.3 Å². The van der Waals surface area contributed by atoms with E-state index in [0.717, 1.165) is 25.3 Å². The van der Waals surface area contributed by atoms with Crippen molar-refractivity contribution >= 4 is 43.1 Å². The molecule has 6 heteroatoms. The van der Waals surface area contributed by atoms with Gasteiger partial charge >= 0.3 is 0 Å². The molecule has 0 atom stereocenters. The number of nitrogens with zero attached hydrogens (tertiary/aromatic N) is 1. The molecule has 2 aromatic heterocycles. The number of benzene rings is 1. The topological polar surface area (TPSA) is 51.2 Å². The number of aromatic nitrogens is 1. The maximum atomic E-state index is 11.3. The Balaban J connectivity index is 1.69. The Hall–Kier alpha value is -1.92. The molecule has 0 saturated heterocycles. The van der Waals surface area contributed by atoms with Crippen molar-refractivity contribution in [3.8, 4) is 5.75 Å². The Morgan fingerprint density at radius 1 is 1.29 bits per heavy atom.